The van der Waals surface area contributed by atoms with Crippen LogP contribution in [0.4, 0.5) is 4.39 Å². The normalized spacial score (nSPS) is 8.87. The number of pyridine rings is 1. The highest BCUT2D eigenvalue weighted by molar-refractivity contribution is 5.88. The van der Waals surface area contributed by atoms with Crippen LogP contribution in [0.3, 0.4) is 0 Å². The van der Waals surface area contributed by atoms with Crippen molar-refractivity contribution in [3.8, 4) is 11.8 Å². The summed E-state index contributed by atoms with van der Waals surface area (Å²) in [6.07, 6.45) is 1.67. The molecule has 0 amide bonds. The highest BCUT2D eigenvalue weighted by atomic mass is 19.1. The van der Waals surface area contributed by atoms with Crippen LogP contribution in [0.5, 0.6) is 0 Å². The number of carboxylic acids is 1. The van der Waals surface area contributed by atoms with E-state index in [1.165, 1.54) is 0 Å². The van der Waals surface area contributed by atoms with Crippen molar-refractivity contribution in [2.75, 3.05) is 0 Å². The topological polar surface area (TPSA) is 67.3 Å². The van der Waals surface area contributed by atoms with Crippen molar-refractivity contribution in [3.05, 3.63) is 29.3 Å². The van der Waals surface area contributed by atoms with Crippen molar-refractivity contribution in [1.29, 1.82) is 0 Å². The lowest BCUT2D eigenvalue weighted by Gasteiger charge is -1.97. The number of carbonyl (C=O) groups excluding carboxylic acids is 1. The van der Waals surface area contributed by atoms with E-state index in [1.807, 2.05) is 0 Å². The first-order valence-corrected chi connectivity index (χ1v) is 3.97. The number of halogens is 1. The number of rotatable bonds is 2. The van der Waals surface area contributed by atoms with Gasteiger partial charge in [-0.3, -0.25) is 0 Å². The first kappa shape index (κ1) is 10.9. The number of carbonyl (C=O) groups is 2. The summed E-state index contributed by atoms with van der Waals surface area (Å²) < 4.78 is 13.3. The molecule has 5 heteroatoms. The fraction of sp³-hybridized carbons (Fsp3) is 0.100. The molecule has 0 atom stereocenters. The van der Waals surface area contributed by atoms with Gasteiger partial charge in [0, 0.05) is 6.20 Å². The summed E-state index contributed by atoms with van der Waals surface area (Å²) in [5.74, 6) is 2.26. The maximum absolute atomic E-state index is 13.3. The molecule has 0 aliphatic carbocycles. The van der Waals surface area contributed by atoms with Crippen LogP contribution in [-0.2, 0) is 4.79 Å². The largest absolute Gasteiger partial charge is 0.478 e. The highest BCUT2D eigenvalue weighted by Gasteiger charge is 2.13. The number of carboxylic acid groups (broad SMARTS) is 1. The summed E-state index contributed by atoms with van der Waals surface area (Å²) in [7, 11) is 0. The second-order valence-electron chi connectivity index (χ2n) is 2.50. The predicted octanol–water partition coefficient (Wildman–Crippen LogP) is 0.859. The smallest absolute Gasteiger partial charge is 0.338 e. The predicted molar refractivity (Wildman–Crippen MR) is 48.7 cm³/mol. The van der Waals surface area contributed by atoms with E-state index in [2.05, 4.69) is 16.8 Å². The Balaban J connectivity index is 3.11. The summed E-state index contributed by atoms with van der Waals surface area (Å²) in [4.78, 5) is 24.0. The zero-order valence-electron chi connectivity index (χ0n) is 7.53. The Labute approximate surface area is 84.8 Å². The Hall–Kier alpha value is -2.22. The van der Waals surface area contributed by atoms with Gasteiger partial charge in [0.1, 0.15) is 12.0 Å². The van der Waals surface area contributed by atoms with E-state index in [-0.39, 0.29) is 12.1 Å². The monoisotopic (exact) mass is 207 g/mol. The van der Waals surface area contributed by atoms with Crippen LogP contribution in [0.15, 0.2) is 12.3 Å². The zero-order chi connectivity index (χ0) is 11.3. The first-order chi connectivity index (χ1) is 7.16. The van der Waals surface area contributed by atoms with E-state index in [0.29, 0.717) is 6.29 Å². The lowest BCUT2D eigenvalue weighted by molar-refractivity contribution is -0.107. The van der Waals surface area contributed by atoms with Gasteiger partial charge < -0.3 is 9.90 Å². The Morgan fingerprint density at radius 1 is 1.67 bits per heavy atom. The van der Waals surface area contributed by atoms with E-state index in [1.54, 1.807) is 0 Å². The van der Waals surface area contributed by atoms with Crippen LogP contribution in [0.25, 0.3) is 0 Å². The first-order valence-electron chi connectivity index (χ1n) is 3.97. The van der Waals surface area contributed by atoms with Crippen LogP contribution in [-0.4, -0.2) is 22.3 Å². The maximum Gasteiger partial charge on any atom is 0.338 e. The zero-order valence-corrected chi connectivity index (χ0v) is 7.53. The number of hydrogen-bond acceptors (Lipinski definition) is 3. The molecule has 0 saturated heterocycles. The molecule has 0 aliphatic rings. The van der Waals surface area contributed by atoms with Gasteiger partial charge in [0.25, 0.3) is 0 Å². The third kappa shape index (κ3) is 2.61. The molecule has 0 saturated carbocycles. The van der Waals surface area contributed by atoms with E-state index < -0.39 is 17.3 Å². The second-order valence-corrected chi connectivity index (χ2v) is 2.50. The highest BCUT2D eigenvalue weighted by Crippen LogP contribution is 2.09. The number of aldehydes is 1. The fourth-order valence-electron chi connectivity index (χ4n) is 0.872. The van der Waals surface area contributed by atoms with Crippen molar-refractivity contribution >= 4 is 12.3 Å². The summed E-state index contributed by atoms with van der Waals surface area (Å²) in [6.45, 7) is 0. The second kappa shape index (κ2) is 4.86. The summed E-state index contributed by atoms with van der Waals surface area (Å²) >= 11 is 0. The lowest BCUT2D eigenvalue weighted by Crippen LogP contribution is -2.03. The van der Waals surface area contributed by atoms with Gasteiger partial charge in [-0.1, -0.05) is 5.92 Å². The maximum atomic E-state index is 13.3. The third-order valence-corrected chi connectivity index (χ3v) is 1.51. The molecule has 0 radical (unpaired) electrons. The molecule has 76 valence electrons. The van der Waals surface area contributed by atoms with E-state index >= 15 is 0 Å². The number of aromatic nitrogens is 1. The molecule has 0 aromatic carbocycles. The number of nitrogens with zero attached hydrogens (tertiary/aromatic N) is 1. The van der Waals surface area contributed by atoms with Crippen LogP contribution < -0.4 is 0 Å². The quantitative estimate of drug-likeness (QED) is 0.576. The van der Waals surface area contributed by atoms with Crippen LogP contribution in [0.1, 0.15) is 22.5 Å². The van der Waals surface area contributed by atoms with Crippen molar-refractivity contribution in [3.63, 3.8) is 0 Å². The summed E-state index contributed by atoms with van der Waals surface area (Å²) in [5, 5.41) is 8.59. The average molecular weight is 207 g/mol. The molecule has 1 heterocycles. The van der Waals surface area contributed by atoms with Gasteiger partial charge in [0.15, 0.2) is 5.82 Å². The Morgan fingerprint density at radius 3 is 3.00 bits per heavy atom. The molecule has 1 N–H and O–H groups in total. The molecular weight excluding hydrogens is 201 g/mol. The Kier molecular flexibility index (Phi) is 3.52. The van der Waals surface area contributed by atoms with Crippen LogP contribution in [0.2, 0.25) is 0 Å². The minimum atomic E-state index is -1.38. The van der Waals surface area contributed by atoms with E-state index in [9.17, 15) is 14.0 Å². The van der Waals surface area contributed by atoms with Gasteiger partial charge in [0.05, 0.1) is 12.0 Å². The third-order valence-electron chi connectivity index (χ3n) is 1.51. The van der Waals surface area contributed by atoms with Gasteiger partial charge in [-0.05, 0) is 12.0 Å². The van der Waals surface area contributed by atoms with Gasteiger partial charge >= 0.3 is 5.97 Å². The standard InChI is InChI=1S/C10H6FNO3/c11-9-7(10(14)15)4-5-12-8(9)3-1-2-6-13/h4-6H,2H2,(H,14,15). The molecule has 1 rings (SSSR count). The van der Waals surface area contributed by atoms with E-state index in [4.69, 9.17) is 5.11 Å². The number of hydrogen-bond donors (Lipinski definition) is 1. The molecule has 0 bridgehead atoms. The van der Waals surface area contributed by atoms with Gasteiger partial charge in [-0.2, -0.15) is 0 Å². The Morgan fingerprint density at radius 2 is 2.40 bits per heavy atom. The van der Waals surface area contributed by atoms with Crippen molar-refractivity contribution in [2.24, 2.45) is 0 Å². The van der Waals surface area contributed by atoms with Gasteiger partial charge in [-0.25, -0.2) is 14.2 Å². The van der Waals surface area contributed by atoms with Crippen LogP contribution in [0, 0.1) is 17.7 Å². The van der Waals surface area contributed by atoms with Gasteiger partial charge in [-0.15, -0.1) is 0 Å². The molecule has 0 aliphatic heterocycles. The molecule has 0 unspecified atom stereocenters. The van der Waals surface area contributed by atoms with Crippen molar-refractivity contribution < 1.29 is 19.1 Å². The molecule has 4 nitrogen and oxygen atoms in total. The van der Waals surface area contributed by atoms with Gasteiger partial charge in [0.2, 0.25) is 0 Å². The molecule has 1 aromatic rings. The average Bonchev–Trinajstić information content (AvgIpc) is 2.20. The summed E-state index contributed by atoms with van der Waals surface area (Å²) in [5.41, 5.74) is -0.753. The molecule has 1 aromatic heterocycles. The number of aromatic carboxylic acids is 1. The summed E-state index contributed by atoms with van der Waals surface area (Å²) in [6, 6.07) is 1.04. The molecular formula is C10H6FNO3. The SMILES string of the molecule is O=CCC#Cc1nccc(C(=O)O)c1F. The van der Waals surface area contributed by atoms with E-state index in [0.717, 1.165) is 12.3 Å². The minimum absolute atomic E-state index is 0.0432. The lowest BCUT2D eigenvalue weighted by atomic mass is 10.2. The van der Waals surface area contributed by atoms with Crippen molar-refractivity contribution in [1.82, 2.24) is 4.98 Å². The van der Waals surface area contributed by atoms with Crippen LogP contribution >= 0.6 is 0 Å². The minimum Gasteiger partial charge on any atom is -0.478 e. The molecule has 0 fully saturated rings. The molecule has 0 spiro atoms. The Bertz CT molecular complexity index is 459. The van der Waals surface area contributed by atoms with Crippen molar-refractivity contribution in [2.45, 2.75) is 6.42 Å². The molecule has 15 heavy (non-hydrogen) atoms. The fourth-order valence-corrected chi connectivity index (χ4v) is 0.872.